The first kappa shape index (κ1) is 25.2. The van der Waals surface area contributed by atoms with Gasteiger partial charge in [-0.05, 0) is 71.4 Å². The normalized spacial score (nSPS) is 14.8. The monoisotopic (exact) mass is 491 g/mol. The molecule has 1 aromatic carbocycles. The third-order valence-corrected chi connectivity index (χ3v) is 5.91. The number of ether oxygens (including phenoxy) is 1. The Labute approximate surface area is 211 Å². The van der Waals surface area contributed by atoms with Gasteiger partial charge in [0.1, 0.15) is 11.3 Å². The van der Waals surface area contributed by atoms with Gasteiger partial charge in [0.05, 0.1) is 28.8 Å². The highest BCUT2D eigenvalue weighted by Crippen LogP contribution is 2.27. The van der Waals surface area contributed by atoms with Crippen LogP contribution in [-0.2, 0) is 9.53 Å². The molecule has 0 spiro atoms. The lowest BCUT2D eigenvalue weighted by molar-refractivity contribution is -0.108. The molecule has 0 unspecified atom stereocenters. The molecule has 0 bridgehead atoms. The Balaban J connectivity index is 1.52. The number of piperazine rings is 1. The standard InChI is InChI=1S/C26H33N7O3/c1-17-13-20(31-9-11-32(12-10-31)25(35)36-26(4,5)6)7-8-21(17)29-24(27-16-34)22-14-23-19(3)28-18(2)15-33(23)30-22/h7-8,13-16H,9-12H2,1-6H3,(H,27,29,34). The van der Waals surface area contributed by atoms with Crippen LogP contribution in [0.3, 0.4) is 0 Å². The Kier molecular flexibility index (Phi) is 6.96. The van der Waals surface area contributed by atoms with Crippen molar-refractivity contribution in [1.82, 2.24) is 24.8 Å². The van der Waals surface area contributed by atoms with Crippen molar-refractivity contribution in [1.29, 1.82) is 0 Å². The number of hydrogen-bond donors (Lipinski definition) is 1. The topological polar surface area (TPSA) is 104 Å². The predicted molar refractivity (Wildman–Crippen MR) is 139 cm³/mol. The van der Waals surface area contributed by atoms with Crippen LogP contribution >= 0.6 is 0 Å². The van der Waals surface area contributed by atoms with E-state index in [1.165, 1.54) is 0 Å². The maximum atomic E-state index is 12.4. The zero-order chi connectivity index (χ0) is 26.0. The number of anilines is 1. The number of rotatable bonds is 4. The van der Waals surface area contributed by atoms with Gasteiger partial charge in [-0.25, -0.2) is 14.3 Å². The predicted octanol–water partition coefficient (Wildman–Crippen LogP) is 3.54. The number of nitrogens with one attached hydrogen (secondary N) is 1. The van der Waals surface area contributed by atoms with Gasteiger partial charge >= 0.3 is 6.09 Å². The Bertz CT molecular complexity index is 1320. The first-order chi connectivity index (χ1) is 17.0. The Morgan fingerprint density at radius 3 is 2.47 bits per heavy atom. The molecule has 3 heterocycles. The summed E-state index contributed by atoms with van der Waals surface area (Å²) in [5.74, 6) is 0.368. The van der Waals surface area contributed by atoms with Crippen LogP contribution in [0.1, 0.15) is 43.4 Å². The van der Waals surface area contributed by atoms with Gasteiger partial charge in [-0.2, -0.15) is 5.10 Å². The zero-order valence-corrected chi connectivity index (χ0v) is 21.7. The summed E-state index contributed by atoms with van der Waals surface area (Å²) in [6.45, 7) is 14.1. The second-order valence-corrected chi connectivity index (χ2v) is 9.97. The molecule has 190 valence electrons. The van der Waals surface area contributed by atoms with Crippen molar-refractivity contribution in [2.75, 3.05) is 31.1 Å². The molecule has 1 aliphatic rings. The molecule has 0 aliphatic carbocycles. The molecule has 2 aromatic heterocycles. The molecule has 1 saturated heterocycles. The zero-order valence-electron chi connectivity index (χ0n) is 21.7. The highest BCUT2D eigenvalue weighted by Gasteiger charge is 2.26. The Morgan fingerprint density at radius 1 is 1.11 bits per heavy atom. The van der Waals surface area contributed by atoms with E-state index in [0.29, 0.717) is 44.1 Å². The lowest BCUT2D eigenvalue weighted by Crippen LogP contribution is -2.50. The van der Waals surface area contributed by atoms with Crippen LogP contribution in [-0.4, -0.2) is 69.6 Å². The van der Waals surface area contributed by atoms with E-state index >= 15 is 0 Å². The van der Waals surface area contributed by atoms with Crippen LogP contribution in [0.2, 0.25) is 0 Å². The molecule has 1 aliphatic heterocycles. The summed E-state index contributed by atoms with van der Waals surface area (Å²) < 4.78 is 7.24. The van der Waals surface area contributed by atoms with Crippen LogP contribution in [0.4, 0.5) is 16.2 Å². The number of aliphatic imine (C=N–C) groups is 1. The van der Waals surface area contributed by atoms with Crippen LogP contribution in [0.5, 0.6) is 0 Å². The maximum Gasteiger partial charge on any atom is 0.410 e. The van der Waals surface area contributed by atoms with Gasteiger partial charge < -0.3 is 19.9 Å². The molecule has 10 nitrogen and oxygen atoms in total. The van der Waals surface area contributed by atoms with Gasteiger partial charge in [0.25, 0.3) is 0 Å². The first-order valence-electron chi connectivity index (χ1n) is 12.0. The number of hydrogen-bond acceptors (Lipinski definition) is 7. The molecule has 36 heavy (non-hydrogen) atoms. The number of fused-ring (bicyclic) bond motifs is 1. The summed E-state index contributed by atoms with van der Waals surface area (Å²) in [6.07, 6.45) is 2.17. The Hall–Kier alpha value is -3.95. The average Bonchev–Trinajstić information content (AvgIpc) is 3.23. The van der Waals surface area contributed by atoms with E-state index < -0.39 is 5.60 Å². The van der Waals surface area contributed by atoms with Crippen molar-refractivity contribution >= 4 is 35.2 Å². The third kappa shape index (κ3) is 5.64. The van der Waals surface area contributed by atoms with Crippen LogP contribution < -0.4 is 10.2 Å². The van der Waals surface area contributed by atoms with E-state index in [2.05, 4.69) is 26.4 Å². The fourth-order valence-electron chi connectivity index (χ4n) is 4.18. The molecule has 3 aromatic rings. The number of carbonyl (C=O) groups excluding carboxylic acids is 2. The van der Waals surface area contributed by atoms with Crippen LogP contribution in [0, 0.1) is 20.8 Å². The molecule has 2 amide bonds. The summed E-state index contributed by atoms with van der Waals surface area (Å²) in [7, 11) is 0. The molecule has 0 radical (unpaired) electrons. The number of nitrogens with zero attached hydrogens (tertiary/aromatic N) is 6. The Morgan fingerprint density at radius 2 is 1.83 bits per heavy atom. The van der Waals surface area contributed by atoms with Gasteiger partial charge in [-0.3, -0.25) is 9.78 Å². The van der Waals surface area contributed by atoms with Gasteiger partial charge in [0.2, 0.25) is 6.41 Å². The molecule has 10 heteroatoms. The van der Waals surface area contributed by atoms with Gasteiger partial charge in [-0.1, -0.05) is 0 Å². The number of amidine groups is 1. The summed E-state index contributed by atoms with van der Waals surface area (Å²) in [4.78, 5) is 36.9. The fraction of sp³-hybridized carbons (Fsp3) is 0.423. The number of aromatic nitrogens is 3. The van der Waals surface area contributed by atoms with E-state index in [1.54, 1.807) is 9.42 Å². The summed E-state index contributed by atoms with van der Waals surface area (Å²) >= 11 is 0. The molecule has 1 fully saturated rings. The van der Waals surface area contributed by atoms with Crippen molar-refractivity contribution in [2.45, 2.75) is 47.1 Å². The lowest BCUT2D eigenvalue weighted by atomic mass is 10.1. The molecule has 1 N–H and O–H groups in total. The summed E-state index contributed by atoms with van der Waals surface area (Å²) in [5, 5.41) is 7.28. The number of benzene rings is 1. The van der Waals surface area contributed by atoms with Gasteiger partial charge in [0, 0.05) is 31.9 Å². The quantitative estimate of drug-likeness (QED) is 0.340. The third-order valence-electron chi connectivity index (χ3n) is 5.91. The molecular weight excluding hydrogens is 458 g/mol. The maximum absolute atomic E-state index is 12.4. The average molecular weight is 492 g/mol. The number of carbonyl (C=O) groups is 2. The van der Waals surface area contributed by atoms with E-state index in [-0.39, 0.29) is 6.09 Å². The van der Waals surface area contributed by atoms with Crippen molar-refractivity contribution in [3.8, 4) is 0 Å². The smallest absolute Gasteiger partial charge is 0.410 e. The number of amides is 2. The fourth-order valence-corrected chi connectivity index (χ4v) is 4.18. The SMILES string of the molecule is Cc1cn2nc(C(=Nc3ccc(N4CCN(C(=O)OC(C)(C)C)CC4)cc3C)NC=O)cc2c(C)n1. The summed E-state index contributed by atoms with van der Waals surface area (Å²) in [6, 6.07) is 7.88. The van der Waals surface area contributed by atoms with Crippen molar-refractivity contribution in [3.05, 3.63) is 53.1 Å². The van der Waals surface area contributed by atoms with Crippen molar-refractivity contribution in [3.63, 3.8) is 0 Å². The minimum absolute atomic E-state index is 0.272. The molecular formula is C26H33N7O3. The minimum atomic E-state index is -0.503. The second-order valence-electron chi connectivity index (χ2n) is 9.97. The lowest BCUT2D eigenvalue weighted by Gasteiger charge is -2.36. The van der Waals surface area contributed by atoms with E-state index in [0.717, 1.165) is 33.8 Å². The highest BCUT2D eigenvalue weighted by molar-refractivity contribution is 6.04. The van der Waals surface area contributed by atoms with Gasteiger partial charge in [0.15, 0.2) is 5.84 Å². The van der Waals surface area contributed by atoms with E-state index in [9.17, 15) is 9.59 Å². The first-order valence-corrected chi connectivity index (χ1v) is 12.0. The van der Waals surface area contributed by atoms with E-state index in [1.807, 2.05) is 65.9 Å². The van der Waals surface area contributed by atoms with Crippen molar-refractivity contribution < 1.29 is 14.3 Å². The van der Waals surface area contributed by atoms with Crippen molar-refractivity contribution in [2.24, 2.45) is 4.99 Å². The molecule has 0 atom stereocenters. The second kappa shape index (κ2) is 9.96. The van der Waals surface area contributed by atoms with Gasteiger partial charge in [-0.15, -0.1) is 0 Å². The minimum Gasteiger partial charge on any atom is -0.444 e. The van der Waals surface area contributed by atoms with E-state index in [4.69, 9.17) is 9.73 Å². The molecule has 4 rings (SSSR count). The number of aryl methyl sites for hydroxylation is 3. The molecule has 0 saturated carbocycles. The highest BCUT2D eigenvalue weighted by atomic mass is 16.6. The van der Waals surface area contributed by atoms with Crippen LogP contribution in [0.25, 0.3) is 5.52 Å². The summed E-state index contributed by atoms with van der Waals surface area (Å²) in [5.41, 5.74) is 5.37. The largest absolute Gasteiger partial charge is 0.444 e. The van der Waals surface area contributed by atoms with Crippen LogP contribution in [0.15, 0.2) is 35.5 Å².